The number of nitrogens with zero attached hydrogens (tertiary/aromatic N) is 1. The fraction of sp³-hybridized carbons (Fsp3) is 0.278. The smallest absolute Gasteiger partial charge is 0.258 e. The van der Waals surface area contributed by atoms with Gasteiger partial charge in [-0.2, -0.15) is 0 Å². The summed E-state index contributed by atoms with van der Waals surface area (Å²) in [5.74, 6) is 0.644. The van der Waals surface area contributed by atoms with E-state index < -0.39 is 0 Å². The fourth-order valence-corrected chi connectivity index (χ4v) is 2.90. The highest BCUT2D eigenvalue weighted by Gasteiger charge is 2.29. The number of hydrogen-bond donors (Lipinski definition) is 1. The normalized spacial score (nSPS) is 18.0. The molecule has 2 aromatic carbocycles. The molecule has 0 radical (unpaired) electrons. The number of carbonyl (C=O) groups excluding carboxylic acids is 1. The number of amides is 1. The lowest BCUT2D eigenvalue weighted by Crippen LogP contribution is -2.48. The van der Waals surface area contributed by atoms with Crippen LogP contribution in [-0.4, -0.2) is 37.6 Å². The first-order chi connectivity index (χ1) is 10.8. The maximum absolute atomic E-state index is 13.0. The van der Waals surface area contributed by atoms with Crippen molar-refractivity contribution in [2.24, 2.45) is 0 Å². The van der Waals surface area contributed by atoms with Crippen LogP contribution in [0, 0.1) is 0 Å². The van der Waals surface area contributed by atoms with Crippen LogP contribution in [0.4, 0.5) is 0 Å². The maximum atomic E-state index is 13.0. The highest BCUT2D eigenvalue weighted by molar-refractivity contribution is 5.97. The summed E-state index contributed by atoms with van der Waals surface area (Å²) in [6.45, 7) is 2.27. The molecule has 0 aromatic heterocycles. The van der Waals surface area contributed by atoms with Crippen LogP contribution in [0.1, 0.15) is 22.0 Å². The van der Waals surface area contributed by atoms with E-state index in [9.17, 15) is 4.79 Å². The maximum Gasteiger partial charge on any atom is 0.258 e. The quantitative estimate of drug-likeness (QED) is 0.946. The van der Waals surface area contributed by atoms with Gasteiger partial charge in [-0.25, -0.2) is 0 Å². The number of para-hydroxylation sites is 1. The molecule has 22 heavy (non-hydrogen) atoms. The lowest BCUT2D eigenvalue weighted by atomic mass is 10.0. The Kier molecular flexibility index (Phi) is 4.39. The third kappa shape index (κ3) is 2.83. The van der Waals surface area contributed by atoms with Gasteiger partial charge in [-0.3, -0.25) is 4.79 Å². The largest absolute Gasteiger partial charge is 0.496 e. The minimum absolute atomic E-state index is 0.0211. The summed E-state index contributed by atoms with van der Waals surface area (Å²) < 4.78 is 5.34. The summed E-state index contributed by atoms with van der Waals surface area (Å²) in [7, 11) is 1.60. The number of nitrogens with one attached hydrogen (secondary N) is 1. The average Bonchev–Trinajstić information content (AvgIpc) is 2.62. The first-order valence-corrected chi connectivity index (χ1v) is 7.51. The zero-order valence-electron chi connectivity index (χ0n) is 12.7. The molecule has 0 spiro atoms. The van der Waals surface area contributed by atoms with E-state index in [2.05, 4.69) is 17.4 Å². The molecule has 1 fully saturated rings. The summed E-state index contributed by atoms with van der Waals surface area (Å²) in [6, 6.07) is 17.6. The van der Waals surface area contributed by atoms with Crippen LogP contribution in [0.5, 0.6) is 5.75 Å². The van der Waals surface area contributed by atoms with Crippen molar-refractivity contribution >= 4 is 5.91 Å². The van der Waals surface area contributed by atoms with E-state index in [1.54, 1.807) is 7.11 Å². The Bertz CT molecular complexity index is 643. The van der Waals surface area contributed by atoms with Crippen molar-refractivity contribution in [2.45, 2.75) is 6.04 Å². The standard InChI is InChI=1S/C18H20N2O2/c1-22-17-10-6-5-9-15(17)18(21)20-12-11-19-13-16(20)14-7-3-2-4-8-14/h2-10,16,19H,11-13H2,1H3/t16-/m0/s1. The molecule has 4 nitrogen and oxygen atoms in total. The second-order valence-corrected chi connectivity index (χ2v) is 5.33. The summed E-state index contributed by atoms with van der Waals surface area (Å²) in [4.78, 5) is 14.9. The van der Waals surface area contributed by atoms with Crippen molar-refractivity contribution in [3.8, 4) is 5.75 Å². The van der Waals surface area contributed by atoms with Gasteiger partial charge in [-0.15, -0.1) is 0 Å². The summed E-state index contributed by atoms with van der Waals surface area (Å²) >= 11 is 0. The summed E-state index contributed by atoms with van der Waals surface area (Å²) in [6.07, 6.45) is 0. The number of hydrogen-bond acceptors (Lipinski definition) is 3. The first-order valence-electron chi connectivity index (χ1n) is 7.51. The topological polar surface area (TPSA) is 41.6 Å². The number of piperazine rings is 1. The van der Waals surface area contributed by atoms with Gasteiger partial charge in [0, 0.05) is 19.6 Å². The van der Waals surface area contributed by atoms with Gasteiger partial charge in [0.05, 0.1) is 18.7 Å². The molecule has 4 heteroatoms. The van der Waals surface area contributed by atoms with Crippen LogP contribution >= 0.6 is 0 Å². The highest BCUT2D eigenvalue weighted by Crippen LogP contribution is 2.27. The van der Waals surface area contributed by atoms with Crippen molar-refractivity contribution in [1.29, 1.82) is 0 Å². The molecule has 1 atom stereocenters. The molecule has 0 bridgehead atoms. The van der Waals surface area contributed by atoms with E-state index in [0.29, 0.717) is 17.9 Å². The van der Waals surface area contributed by atoms with Crippen LogP contribution in [0.15, 0.2) is 54.6 Å². The third-order valence-corrected chi connectivity index (χ3v) is 4.03. The predicted molar refractivity (Wildman–Crippen MR) is 86.1 cm³/mol. The molecule has 114 valence electrons. The zero-order valence-corrected chi connectivity index (χ0v) is 12.7. The molecule has 2 aromatic rings. The van der Waals surface area contributed by atoms with E-state index in [1.807, 2.05) is 47.4 Å². The predicted octanol–water partition coefficient (Wildman–Crippen LogP) is 2.48. The Morgan fingerprint density at radius 1 is 1.14 bits per heavy atom. The van der Waals surface area contributed by atoms with Gasteiger partial charge in [0.2, 0.25) is 0 Å². The SMILES string of the molecule is COc1ccccc1C(=O)N1CCNC[C@H]1c1ccccc1. The molecule has 1 saturated heterocycles. The number of benzene rings is 2. The molecule has 0 aliphatic carbocycles. The van der Waals surface area contributed by atoms with E-state index in [1.165, 1.54) is 0 Å². The molecule has 3 rings (SSSR count). The Balaban J connectivity index is 1.92. The van der Waals surface area contributed by atoms with Gasteiger partial charge >= 0.3 is 0 Å². The highest BCUT2D eigenvalue weighted by atomic mass is 16.5. The molecule has 1 amide bonds. The molecular formula is C18H20N2O2. The van der Waals surface area contributed by atoms with Crippen LogP contribution in [-0.2, 0) is 0 Å². The van der Waals surface area contributed by atoms with Crippen LogP contribution in [0.2, 0.25) is 0 Å². The van der Waals surface area contributed by atoms with E-state index in [0.717, 1.165) is 18.7 Å². The molecule has 0 saturated carbocycles. The van der Waals surface area contributed by atoms with Gasteiger partial charge in [-0.1, -0.05) is 42.5 Å². The Hall–Kier alpha value is -2.33. The van der Waals surface area contributed by atoms with Crippen molar-refractivity contribution < 1.29 is 9.53 Å². The molecule has 1 aliphatic rings. The molecular weight excluding hydrogens is 276 g/mol. The Morgan fingerprint density at radius 2 is 1.86 bits per heavy atom. The molecule has 0 unspecified atom stereocenters. The lowest BCUT2D eigenvalue weighted by Gasteiger charge is -2.36. The average molecular weight is 296 g/mol. The van der Waals surface area contributed by atoms with Crippen molar-refractivity contribution in [1.82, 2.24) is 10.2 Å². The Labute approximate surface area is 130 Å². The van der Waals surface area contributed by atoms with Crippen LogP contribution in [0.3, 0.4) is 0 Å². The van der Waals surface area contributed by atoms with Crippen LogP contribution < -0.4 is 10.1 Å². The van der Waals surface area contributed by atoms with Crippen molar-refractivity contribution in [3.05, 3.63) is 65.7 Å². The van der Waals surface area contributed by atoms with E-state index in [4.69, 9.17) is 4.74 Å². The Morgan fingerprint density at radius 3 is 2.64 bits per heavy atom. The van der Waals surface area contributed by atoms with Gasteiger partial charge in [0.25, 0.3) is 5.91 Å². The summed E-state index contributed by atoms with van der Waals surface area (Å²) in [5.41, 5.74) is 1.77. The van der Waals surface area contributed by atoms with Crippen molar-refractivity contribution in [3.63, 3.8) is 0 Å². The molecule has 1 aliphatic heterocycles. The monoisotopic (exact) mass is 296 g/mol. The van der Waals surface area contributed by atoms with Gasteiger partial charge in [-0.05, 0) is 17.7 Å². The number of rotatable bonds is 3. The van der Waals surface area contributed by atoms with Crippen LogP contribution in [0.25, 0.3) is 0 Å². The van der Waals surface area contributed by atoms with Gasteiger partial charge in [0.1, 0.15) is 5.75 Å². The lowest BCUT2D eigenvalue weighted by molar-refractivity contribution is 0.0631. The minimum atomic E-state index is 0.0211. The molecule has 1 heterocycles. The second kappa shape index (κ2) is 6.62. The zero-order chi connectivity index (χ0) is 15.4. The first kappa shape index (κ1) is 14.6. The number of ether oxygens (including phenoxy) is 1. The second-order valence-electron chi connectivity index (χ2n) is 5.33. The summed E-state index contributed by atoms with van der Waals surface area (Å²) in [5, 5.41) is 3.37. The van der Waals surface area contributed by atoms with E-state index in [-0.39, 0.29) is 11.9 Å². The molecule has 1 N–H and O–H groups in total. The van der Waals surface area contributed by atoms with Crippen molar-refractivity contribution in [2.75, 3.05) is 26.7 Å². The number of methoxy groups -OCH3 is 1. The number of carbonyl (C=O) groups is 1. The fourth-order valence-electron chi connectivity index (χ4n) is 2.90. The van der Waals surface area contributed by atoms with Gasteiger partial charge < -0.3 is 15.0 Å². The minimum Gasteiger partial charge on any atom is -0.496 e. The third-order valence-electron chi connectivity index (χ3n) is 4.03. The van der Waals surface area contributed by atoms with E-state index >= 15 is 0 Å². The van der Waals surface area contributed by atoms with Gasteiger partial charge in [0.15, 0.2) is 0 Å².